The molecule has 2 aromatic rings. The first-order valence-corrected chi connectivity index (χ1v) is 9.62. The average Bonchev–Trinajstić information content (AvgIpc) is 2.45. The molecule has 0 amide bonds. The van der Waals surface area contributed by atoms with Gasteiger partial charge in [-0.25, -0.2) is 0 Å². The Labute approximate surface area is 143 Å². The smallest absolute Gasteiger partial charge is 0.175 e. The molecule has 0 nitrogen and oxygen atoms in total. The summed E-state index contributed by atoms with van der Waals surface area (Å²) in [6.45, 7) is 6.02. The third-order valence-corrected chi connectivity index (χ3v) is 9.03. The Balaban J connectivity index is 3.02. The minimum absolute atomic E-state index is 0.0436. The van der Waals surface area contributed by atoms with E-state index < -0.39 is 30.0 Å². The van der Waals surface area contributed by atoms with Gasteiger partial charge in [0.15, 0.2) is 0 Å². The number of hydrogen-bond acceptors (Lipinski definition) is 0. The summed E-state index contributed by atoms with van der Waals surface area (Å²) in [6, 6.07) is 7.12. The summed E-state index contributed by atoms with van der Waals surface area (Å²) in [6.07, 6.45) is 0. The fourth-order valence-corrected chi connectivity index (χ4v) is 6.85. The highest BCUT2D eigenvalue weighted by molar-refractivity contribution is 7.05. The van der Waals surface area contributed by atoms with Gasteiger partial charge in [-0.05, 0) is 60.3 Å². The minimum atomic E-state index is -6.08. The molecule has 0 aliphatic heterocycles. The van der Waals surface area contributed by atoms with Gasteiger partial charge >= 0.3 is 19.7 Å². The fourth-order valence-electron chi connectivity index (χ4n) is 3.08. The average molecular weight is 376 g/mol. The van der Waals surface area contributed by atoms with Crippen LogP contribution in [0.25, 0.3) is 0 Å². The van der Waals surface area contributed by atoms with Crippen molar-refractivity contribution in [2.45, 2.75) is 39.3 Å². The van der Waals surface area contributed by atoms with Crippen LogP contribution in [0.15, 0.2) is 36.4 Å². The zero-order chi connectivity index (χ0) is 19.2. The SMILES string of the molecule is Cc1ccc([Si](c2cccc(C)c2C)(C(F)(F)F)C(F)(F)F)cc1C. The lowest BCUT2D eigenvalue weighted by atomic mass is 10.1. The Morgan fingerprint density at radius 3 is 1.72 bits per heavy atom. The van der Waals surface area contributed by atoms with Crippen molar-refractivity contribution in [3.63, 3.8) is 0 Å². The fraction of sp³-hybridized carbons (Fsp3) is 0.333. The van der Waals surface area contributed by atoms with Crippen molar-refractivity contribution in [3.05, 3.63) is 58.7 Å². The first kappa shape index (κ1) is 19.6. The van der Waals surface area contributed by atoms with Gasteiger partial charge in [0.2, 0.25) is 0 Å². The second-order valence-electron chi connectivity index (χ2n) is 6.29. The van der Waals surface area contributed by atoms with Crippen molar-refractivity contribution in [2.24, 2.45) is 0 Å². The van der Waals surface area contributed by atoms with Crippen LogP contribution in [0.2, 0.25) is 0 Å². The first-order valence-electron chi connectivity index (χ1n) is 7.62. The lowest BCUT2D eigenvalue weighted by Crippen LogP contribution is -2.78. The summed E-state index contributed by atoms with van der Waals surface area (Å²) >= 11 is 0. The van der Waals surface area contributed by atoms with Gasteiger partial charge in [-0.15, -0.1) is 0 Å². The second-order valence-corrected chi connectivity index (χ2v) is 10.0. The van der Waals surface area contributed by atoms with E-state index in [4.69, 9.17) is 0 Å². The Hall–Kier alpha value is -1.76. The molecule has 136 valence electrons. The summed E-state index contributed by atoms with van der Waals surface area (Å²) in [5, 5.41) is -1.32. The van der Waals surface area contributed by atoms with Crippen molar-refractivity contribution in [1.82, 2.24) is 0 Å². The molecule has 0 saturated heterocycles. The summed E-state index contributed by atoms with van der Waals surface area (Å²) in [7, 11) is -6.08. The zero-order valence-corrected chi connectivity index (χ0v) is 15.2. The monoisotopic (exact) mass is 376 g/mol. The molecule has 2 rings (SSSR count). The highest BCUT2D eigenvalue weighted by Crippen LogP contribution is 2.41. The Bertz CT molecular complexity index is 775. The van der Waals surface area contributed by atoms with Crippen molar-refractivity contribution in [3.8, 4) is 0 Å². The van der Waals surface area contributed by atoms with E-state index in [1.807, 2.05) is 0 Å². The Morgan fingerprint density at radius 1 is 0.680 bits per heavy atom. The van der Waals surface area contributed by atoms with E-state index in [1.165, 1.54) is 39.0 Å². The van der Waals surface area contributed by atoms with Crippen LogP contribution in [-0.4, -0.2) is 19.7 Å². The predicted molar refractivity (Wildman–Crippen MR) is 89.0 cm³/mol. The highest BCUT2D eigenvalue weighted by Gasteiger charge is 2.76. The number of aryl methyl sites for hydroxylation is 3. The van der Waals surface area contributed by atoms with Crippen LogP contribution in [0.1, 0.15) is 22.3 Å². The van der Waals surface area contributed by atoms with E-state index in [2.05, 4.69) is 0 Å². The van der Waals surface area contributed by atoms with Crippen LogP contribution in [0.4, 0.5) is 26.3 Å². The van der Waals surface area contributed by atoms with Crippen molar-refractivity contribution >= 4 is 18.4 Å². The molecule has 0 aliphatic rings. The molecule has 0 radical (unpaired) electrons. The van der Waals surface area contributed by atoms with Crippen LogP contribution < -0.4 is 10.4 Å². The van der Waals surface area contributed by atoms with E-state index in [1.54, 1.807) is 6.92 Å². The first-order chi connectivity index (χ1) is 11.3. The molecule has 0 saturated carbocycles. The van der Waals surface area contributed by atoms with E-state index in [0.717, 1.165) is 18.2 Å². The lowest BCUT2D eigenvalue weighted by Gasteiger charge is -2.37. The number of halogens is 6. The molecule has 0 bridgehead atoms. The van der Waals surface area contributed by atoms with Gasteiger partial charge in [0.05, 0.1) is 0 Å². The van der Waals surface area contributed by atoms with Gasteiger partial charge in [0.25, 0.3) is 0 Å². The van der Waals surface area contributed by atoms with E-state index >= 15 is 0 Å². The van der Waals surface area contributed by atoms with Crippen LogP contribution in [0.3, 0.4) is 0 Å². The van der Waals surface area contributed by atoms with E-state index in [0.29, 0.717) is 16.7 Å². The van der Waals surface area contributed by atoms with Crippen LogP contribution in [0, 0.1) is 27.7 Å². The van der Waals surface area contributed by atoms with E-state index in [9.17, 15) is 26.3 Å². The normalized spacial score (nSPS) is 13.2. The van der Waals surface area contributed by atoms with Gasteiger partial charge in [-0.3, -0.25) is 0 Å². The third kappa shape index (κ3) is 2.98. The molecular formula is C18H18F6Si. The number of hydrogen-bond donors (Lipinski definition) is 0. The summed E-state index contributed by atoms with van der Waals surface area (Å²) in [5.41, 5.74) is 1.51. The molecule has 0 N–H and O–H groups in total. The molecular weight excluding hydrogens is 358 g/mol. The van der Waals surface area contributed by atoms with Gasteiger partial charge in [0.1, 0.15) is 0 Å². The van der Waals surface area contributed by atoms with Crippen molar-refractivity contribution in [2.75, 3.05) is 0 Å². The molecule has 0 unspecified atom stereocenters. The Kier molecular flexibility index (Phi) is 4.85. The number of rotatable bonds is 2. The number of benzene rings is 2. The molecule has 0 aromatic heterocycles. The molecule has 0 heterocycles. The maximum atomic E-state index is 14.1. The maximum Gasteiger partial charge on any atom is 0.381 e. The molecule has 0 aliphatic carbocycles. The maximum absolute atomic E-state index is 14.1. The van der Waals surface area contributed by atoms with Crippen LogP contribution >= 0.6 is 0 Å². The molecule has 7 heteroatoms. The molecule has 0 atom stereocenters. The Morgan fingerprint density at radius 2 is 1.24 bits per heavy atom. The summed E-state index contributed by atoms with van der Waals surface area (Å²) in [4.78, 5) is 0. The van der Waals surface area contributed by atoms with Crippen LogP contribution in [-0.2, 0) is 0 Å². The lowest BCUT2D eigenvalue weighted by molar-refractivity contribution is -0.107. The van der Waals surface area contributed by atoms with E-state index in [-0.39, 0.29) is 5.56 Å². The topological polar surface area (TPSA) is 0 Å². The predicted octanol–water partition coefficient (Wildman–Crippen LogP) is 4.69. The largest absolute Gasteiger partial charge is 0.381 e. The standard InChI is InChI=1S/C18H18F6Si/c1-11-8-9-15(10-13(11)3)25(17(19,20)21,18(22,23)24)16-7-5-6-12(2)14(16)4/h5-10H,1-4H3. The molecule has 25 heavy (non-hydrogen) atoms. The summed E-state index contributed by atoms with van der Waals surface area (Å²) in [5.74, 6) is -10.8. The third-order valence-electron chi connectivity index (χ3n) is 4.80. The van der Waals surface area contributed by atoms with Gasteiger partial charge in [-0.1, -0.05) is 36.4 Å². The van der Waals surface area contributed by atoms with Gasteiger partial charge in [-0.2, -0.15) is 26.3 Å². The number of alkyl halides is 6. The zero-order valence-electron chi connectivity index (χ0n) is 14.2. The van der Waals surface area contributed by atoms with Gasteiger partial charge < -0.3 is 0 Å². The molecule has 0 fully saturated rings. The van der Waals surface area contributed by atoms with Crippen molar-refractivity contribution in [1.29, 1.82) is 0 Å². The molecule has 2 aromatic carbocycles. The minimum Gasteiger partial charge on any atom is -0.175 e. The summed E-state index contributed by atoms with van der Waals surface area (Å²) < 4.78 is 84.8. The van der Waals surface area contributed by atoms with Crippen LogP contribution in [0.5, 0.6) is 0 Å². The van der Waals surface area contributed by atoms with Crippen molar-refractivity contribution < 1.29 is 26.3 Å². The highest BCUT2D eigenvalue weighted by atomic mass is 28.3. The van der Waals surface area contributed by atoms with Gasteiger partial charge in [0, 0.05) is 0 Å². The molecule has 0 spiro atoms. The second kappa shape index (κ2) is 6.19. The quantitative estimate of drug-likeness (QED) is 0.527.